The summed E-state index contributed by atoms with van der Waals surface area (Å²) >= 11 is 0. The average Bonchev–Trinajstić information content (AvgIpc) is 3.92. The van der Waals surface area contributed by atoms with Crippen LogP contribution in [0.3, 0.4) is 0 Å². The van der Waals surface area contributed by atoms with Gasteiger partial charge in [-0.1, -0.05) is 224 Å². The molecule has 0 amide bonds. The van der Waals surface area contributed by atoms with Gasteiger partial charge in [0.1, 0.15) is 0 Å². The van der Waals surface area contributed by atoms with E-state index in [0.717, 1.165) is 33.9 Å². The molecule has 0 saturated carbocycles. The van der Waals surface area contributed by atoms with Crippen molar-refractivity contribution >= 4 is 38.9 Å². The smallest absolute Gasteiger partial charge is 0.0714 e. The Kier molecular flexibility index (Phi) is 9.77. The van der Waals surface area contributed by atoms with Crippen molar-refractivity contribution < 1.29 is 0 Å². The maximum Gasteiger partial charge on any atom is 0.0714 e. The number of hydrogen-bond acceptors (Lipinski definition) is 1. The fourth-order valence-corrected chi connectivity index (χ4v) is 11.3. The minimum atomic E-state index is -0.502. The highest BCUT2D eigenvalue weighted by Crippen LogP contribution is 2.57. The first-order chi connectivity index (χ1) is 34.3. The van der Waals surface area contributed by atoms with Gasteiger partial charge in [0.15, 0.2) is 0 Å². The predicted octanol–water partition coefficient (Wildman–Crippen LogP) is 17.6. The first-order valence-corrected chi connectivity index (χ1v) is 23.8. The molecule has 0 N–H and O–H groups in total. The quantitative estimate of drug-likeness (QED) is 0.140. The standard InChI is InChI=1S/C67H46N2/c1-5-21-47(22-6-1)48-37-40-53(41-38-48)68(52-27-11-4-12-28-52)64-35-19-16-32-59(64)56-30-14-13-29-55(56)49-39-43-61-60-33-17-20-36-65(60)69(66(61)45-49)54-42-44-58-57-31-15-18-34-62(57)67(63(58)46-54,50-23-7-2-8-24-50)51-25-9-3-10-26-51/h1-46H. The Morgan fingerprint density at radius 1 is 0.290 bits per heavy atom. The number of aromatic nitrogens is 1. The topological polar surface area (TPSA) is 8.17 Å². The largest absolute Gasteiger partial charge is 0.310 e. The zero-order valence-corrected chi connectivity index (χ0v) is 38.0. The van der Waals surface area contributed by atoms with Crippen LogP contribution in [0.5, 0.6) is 0 Å². The van der Waals surface area contributed by atoms with Crippen molar-refractivity contribution in [3.8, 4) is 50.2 Å². The molecule has 0 unspecified atom stereocenters. The van der Waals surface area contributed by atoms with Gasteiger partial charge in [-0.25, -0.2) is 0 Å². The summed E-state index contributed by atoms with van der Waals surface area (Å²) in [6.07, 6.45) is 0. The van der Waals surface area contributed by atoms with Gasteiger partial charge in [0.25, 0.3) is 0 Å². The van der Waals surface area contributed by atoms with Crippen LogP contribution in [0.15, 0.2) is 279 Å². The van der Waals surface area contributed by atoms with Crippen molar-refractivity contribution in [3.63, 3.8) is 0 Å². The maximum absolute atomic E-state index is 2.49. The van der Waals surface area contributed by atoms with Crippen LogP contribution in [-0.4, -0.2) is 4.57 Å². The summed E-state index contributed by atoms with van der Waals surface area (Å²) in [6, 6.07) is 102. The van der Waals surface area contributed by atoms with Gasteiger partial charge in [0.2, 0.25) is 0 Å². The molecule has 1 aromatic heterocycles. The van der Waals surface area contributed by atoms with Crippen LogP contribution in [0.4, 0.5) is 17.1 Å². The van der Waals surface area contributed by atoms with E-state index in [1.807, 2.05) is 0 Å². The number of benzene rings is 11. The average molecular weight is 879 g/mol. The zero-order chi connectivity index (χ0) is 45.7. The zero-order valence-electron chi connectivity index (χ0n) is 38.0. The molecule has 0 spiro atoms. The molecule has 2 heteroatoms. The Hall–Kier alpha value is -8.98. The second kappa shape index (κ2) is 16.7. The number of hydrogen-bond donors (Lipinski definition) is 0. The summed E-state index contributed by atoms with van der Waals surface area (Å²) in [5.41, 5.74) is 21.0. The molecule has 0 bridgehead atoms. The molecule has 0 aliphatic heterocycles. The number of anilines is 3. The van der Waals surface area contributed by atoms with E-state index in [2.05, 4.69) is 289 Å². The van der Waals surface area contributed by atoms with Crippen molar-refractivity contribution in [2.75, 3.05) is 4.90 Å². The van der Waals surface area contributed by atoms with Crippen molar-refractivity contribution in [2.24, 2.45) is 0 Å². The summed E-state index contributed by atoms with van der Waals surface area (Å²) in [4.78, 5) is 2.39. The number of rotatable bonds is 9. The molecular formula is C67H46N2. The molecule has 0 saturated heterocycles. The molecule has 1 heterocycles. The number of fused-ring (bicyclic) bond motifs is 6. The Morgan fingerprint density at radius 2 is 0.797 bits per heavy atom. The van der Waals surface area contributed by atoms with E-state index in [9.17, 15) is 0 Å². The summed E-state index contributed by atoms with van der Waals surface area (Å²) in [5.74, 6) is 0. The Balaban J connectivity index is 0.987. The molecular weight excluding hydrogens is 833 g/mol. The lowest BCUT2D eigenvalue weighted by atomic mass is 9.67. The highest BCUT2D eigenvalue weighted by molar-refractivity contribution is 6.11. The molecule has 2 nitrogen and oxygen atoms in total. The molecule has 13 rings (SSSR count). The molecule has 12 aromatic rings. The molecule has 11 aromatic carbocycles. The van der Waals surface area contributed by atoms with E-state index in [0.29, 0.717) is 0 Å². The molecule has 0 fully saturated rings. The first-order valence-electron chi connectivity index (χ1n) is 23.8. The van der Waals surface area contributed by atoms with Gasteiger partial charge in [-0.15, -0.1) is 0 Å². The second-order valence-electron chi connectivity index (χ2n) is 18.0. The van der Waals surface area contributed by atoms with Crippen molar-refractivity contribution in [3.05, 3.63) is 301 Å². The lowest BCUT2D eigenvalue weighted by Crippen LogP contribution is -2.28. The summed E-state index contributed by atoms with van der Waals surface area (Å²) in [6.45, 7) is 0. The molecule has 0 radical (unpaired) electrons. The minimum absolute atomic E-state index is 0.502. The molecule has 0 atom stereocenters. The fraction of sp³-hybridized carbons (Fsp3) is 0.0149. The van der Waals surface area contributed by atoms with Gasteiger partial charge in [0, 0.05) is 33.4 Å². The molecule has 1 aliphatic rings. The first kappa shape index (κ1) is 40.3. The number of para-hydroxylation sites is 3. The predicted molar refractivity (Wildman–Crippen MR) is 289 cm³/mol. The van der Waals surface area contributed by atoms with Crippen LogP contribution < -0.4 is 4.90 Å². The van der Waals surface area contributed by atoms with E-state index in [-0.39, 0.29) is 0 Å². The Morgan fingerprint density at radius 3 is 1.52 bits per heavy atom. The highest BCUT2D eigenvalue weighted by atomic mass is 15.1. The van der Waals surface area contributed by atoms with Gasteiger partial charge in [0.05, 0.1) is 22.1 Å². The SMILES string of the molecule is c1ccc(-c2ccc(N(c3ccccc3)c3ccccc3-c3ccccc3-c3ccc4c5ccccc5n(-c5ccc6c(c5)C(c5ccccc5)(c5ccccc5)c5ccccc5-6)c4c3)cc2)cc1. The van der Waals surface area contributed by atoms with Gasteiger partial charge in [-0.2, -0.15) is 0 Å². The monoisotopic (exact) mass is 878 g/mol. The van der Waals surface area contributed by atoms with Crippen molar-refractivity contribution in [2.45, 2.75) is 5.41 Å². The summed E-state index contributed by atoms with van der Waals surface area (Å²) in [7, 11) is 0. The Labute approximate surface area is 403 Å². The molecule has 324 valence electrons. The third kappa shape index (κ3) is 6.56. The number of nitrogens with zero attached hydrogens (tertiary/aromatic N) is 2. The fourth-order valence-electron chi connectivity index (χ4n) is 11.3. The van der Waals surface area contributed by atoms with Crippen molar-refractivity contribution in [1.82, 2.24) is 4.57 Å². The molecule has 69 heavy (non-hydrogen) atoms. The normalized spacial score (nSPS) is 12.5. The van der Waals surface area contributed by atoms with Crippen LogP contribution in [0.1, 0.15) is 22.3 Å². The van der Waals surface area contributed by atoms with E-state index < -0.39 is 5.41 Å². The summed E-state index contributed by atoms with van der Waals surface area (Å²) in [5, 5.41) is 2.46. The van der Waals surface area contributed by atoms with Crippen LogP contribution >= 0.6 is 0 Å². The van der Waals surface area contributed by atoms with Crippen LogP contribution in [0, 0.1) is 0 Å². The maximum atomic E-state index is 2.49. The van der Waals surface area contributed by atoms with E-state index in [1.165, 1.54) is 77.4 Å². The molecule has 1 aliphatic carbocycles. The van der Waals surface area contributed by atoms with Gasteiger partial charge >= 0.3 is 0 Å². The third-order valence-electron chi connectivity index (χ3n) is 14.3. The van der Waals surface area contributed by atoms with E-state index >= 15 is 0 Å². The van der Waals surface area contributed by atoms with Crippen LogP contribution in [0.25, 0.3) is 72.0 Å². The lowest BCUT2D eigenvalue weighted by Gasteiger charge is -2.34. The van der Waals surface area contributed by atoms with Gasteiger partial charge in [-0.05, 0) is 116 Å². The van der Waals surface area contributed by atoms with Crippen molar-refractivity contribution in [1.29, 1.82) is 0 Å². The summed E-state index contributed by atoms with van der Waals surface area (Å²) < 4.78 is 2.49. The second-order valence-corrected chi connectivity index (χ2v) is 18.0. The van der Waals surface area contributed by atoms with Gasteiger partial charge < -0.3 is 9.47 Å². The van der Waals surface area contributed by atoms with E-state index in [1.54, 1.807) is 0 Å². The van der Waals surface area contributed by atoms with Crippen LogP contribution in [-0.2, 0) is 5.41 Å². The lowest BCUT2D eigenvalue weighted by molar-refractivity contribution is 0.767. The van der Waals surface area contributed by atoms with E-state index in [4.69, 9.17) is 0 Å². The third-order valence-corrected chi connectivity index (χ3v) is 14.3. The van der Waals surface area contributed by atoms with Crippen LogP contribution in [0.2, 0.25) is 0 Å². The highest BCUT2D eigenvalue weighted by Gasteiger charge is 2.46. The Bertz CT molecular complexity index is 3780. The minimum Gasteiger partial charge on any atom is -0.310 e. The van der Waals surface area contributed by atoms with Gasteiger partial charge in [-0.3, -0.25) is 0 Å².